The van der Waals surface area contributed by atoms with Gasteiger partial charge in [0.1, 0.15) is 15.7 Å². The maximum Gasteiger partial charge on any atom is 1.00 e. The second kappa shape index (κ2) is 12.6. The van der Waals surface area contributed by atoms with Gasteiger partial charge in [0.15, 0.2) is 0 Å². The van der Waals surface area contributed by atoms with Crippen molar-refractivity contribution in [1.29, 1.82) is 0 Å². The summed E-state index contributed by atoms with van der Waals surface area (Å²) >= 11 is 12.3. The van der Waals surface area contributed by atoms with Gasteiger partial charge in [-0.25, -0.2) is 0 Å². The molecule has 0 saturated carbocycles. The summed E-state index contributed by atoms with van der Waals surface area (Å²) in [5.41, 5.74) is 0.417. The number of ether oxygens (including phenoxy) is 1. The second-order valence-electron chi connectivity index (χ2n) is 8.07. The Balaban J connectivity index is 0.00000420. The Morgan fingerprint density at radius 2 is 1.79 bits per heavy atom. The first kappa shape index (κ1) is 30.8. The summed E-state index contributed by atoms with van der Waals surface area (Å²) in [5, 5.41) is 25.2. The van der Waals surface area contributed by atoms with E-state index in [9.17, 15) is 22.9 Å². The summed E-state index contributed by atoms with van der Waals surface area (Å²) in [6.45, 7) is 3.78. The van der Waals surface area contributed by atoms with Crippen LogP contribution in [0, 0.1) is 6.92 Å². The minimum atomic E-state index is -4.62. The molecule has 0 aliphatic heterocycles. The van der Waals surface area contributed by atoms with Crippen molar-refractivity contribution in [3.05, 3.63) is 81.8 Å². The summed E-state index contributed by atoms with van der Waals surface area (Å²) in [6.07, 6.45) is 0. The van der Waals surface area contributed by atoms with Crippen molar-refractivity contribution in [3.63, 3.8) is 0 Å². The second-order valence-corrected chi connectivity index (χ2v) is 10.2. The number of fused-ring (bicyclic) bond motifs is 1. The number of carbonyl (C=O) groups excluding carboxylic acids is 1. The van der Waals surface area contributed by atoms with Gasteiger partial charge in [-0.05, 0) is 55.1 Å². The van der Waals surface area contributed by atoms with Gasteiger partial charge in [0.25, 0.3) is 16.0 Å². The number of carbonyl (C=O) groups is 1. The number of benzene rings is 4. The predicted molar refractivity (Wildman–Crippen MR) is 144 cm³/mol. The molecule has 0 heterocycles. The predicted octanol–water partition coefficient (Wildman–Crippen LogP) is 3.85. The van der Waals surface area contributed by atoms with Gasteiger partial charge < -0.3 is 15.2 Å². The normalized spacial score (nSPS) is 11.4. The van der Waals surface area contributed by atoms with Crippen LogP contribution in [0.3, 0.4) is 0 Å². The van der Waals surface area contributed by atoms with Crippen LogP contribution in [0.2, 0.25) is 10.0 Å². The van der Waals surface area contributed by atoms with Crippen LogP contribution in [0.25, 0.3) is 10.8 Å². The number of nitrogens with one attached hydrogen (secondary N) is 1. The number of hydrogen-bond acceptors (Lipinski definition) is 7. The molecule has 9 nitrogen and oxygen atoms in total. The number of nitrogens with zero attached hydrogens (tertiary/aromatic N) is 2. The van der Waals surface area contributed by atoms with E-state index >= 15 is 0 Å². The Morgan fingerprint density at radius 1 is 1.08 bits per heavy atom. The van der Waals surface area contributed by atoms with Crippen molar-refractivity contribution in [2.45, 2.75) is 18.7 Å². The van der Waals surface area contributed by atoms with Crippen LogP contribution >= 0.6 is 23.2 Å². The number of aryl methyl sites for hydroxylation is 1. The summed E-state index contributed by atoms with van der Waals surface area (Å²) in [6, 6.07) is 15.5. The molecule has 0 radical (unpaired) electrons. The molecule has 0 atom stereocenters. The number of halogens is 2. The summed E-state index contributed by atoms with van der Waals surface area (Å²) < 4.78 is 38.2. The Kier molecular flexibility index (Phi) is 10.0. The molecule has 39 heavy (non-hydrogen) atoms. The van der Waals surface area contributed by atoms with Crippen LogP contribution in [0.4, 0.5) is 17.1 Å². The third-order valence-corrected chi connectivity index (χ3v) is 7.23. The molecule has 4 rings (SSSR count). The van der Waals surface area contributed by atoms with Crippen molar-refractivity contribution >= 4 is 67.1 Å². The standard InChI is InChI=1S/C26H21Cl2N3O6S.Na/c1-3-37-21-10-6-9-19(23(21)28)29-26(33)17-12-15-7-4-5-8-16(15)24(25(17)32)31-30-20-13-22(38(34,35)36)18(27)11-14(20)2;/h4-13,32H,3H2,1-2H3,(H,29,33)(H,34,35,36);/q;+1/p-1. The molecule has 0 aliphatic rings. The molecule has 0 spiro atoms. The van der Waals surface area contributed by atoms with Gasteiger partial charge in [-0.3, -0.25) is 9.35 Å². The Labute approximate surface area is 256 Å². The molecule has 2 N–H and O–H groups in total. The van der Waals surface area contributed by atoms with Gasteiger partial charge in [0, 0.05) is 10.9 Å². The number of rotatable bonds is 7. The van der Waals surface area contributed by atoms with E-state index in [1.165, 1.54) is 12.1 Å². The molecule has 196 valence electrons. The van der Waals surface area contributed by atoms with Gasteiger partial charge in [-0.2, -0.15) is 18.6 Å². The zero-order valence-electron chi connectivity index (χ0n) is 21.0. The Hall–Kier alpha value is -2.70. The molecule has 0 bridgehead atoms. The van der Waals surface area contributed by atoms with E-state index < -0.39 is 26.7 Å². The fraction of sp³-hybridized carbons (Fsp3) is 0.115. The van der Waals surface area contributed by atoms with E-state index in [4.69, 9.17) is 27.9 Å². The van der Waals surface area contributed by atoms with Crippen LogP contribution in [-0.4, -0.2) is 25.5 Å². The van der Waals surface area contributed by atoms with Gasteiger partial charge >= 0.3 is 29.6 Å². The number of azo groups is 1. The molecular weight excluding hydrogens is 576 g/mol. The first-order valence-electron chi connectivity index (χ1n) is 11.2. The minimum Gasteiger partial charge on any atom is -0.870 e. The smallest absolute Gasteiger partial charge is 0.870 e. The molecule has 0 aliphatic carbocycles. The van der Waals surface area contributed by atoms with Gasteiger partial charge in [-0.1, -0.05) is 59.3 Å². The molecule has 0 saturated heterocycles. The van der Waals surface area contributed by atoms with E-state index in [0.717, 1.165) is 6.07 Å². The van der Waals surface area contributed by atoms with Crippen LogP contribution in [-0.2, 0) is 10.1 Å². The zero-order valence-corrected chi connectivity index (χ0v) is 25.4. The van der Waals surface area contributed by atoms with Crippen molar-refractivity contribution in [1.82, 2.24) is 0 Å². The van der Waals surface area contributed by atoms with E-state index in [0.29, 0.717) is 28.7 Å². The topological polar surface area (TPSA) is 140 Å². The first-order chi connectivity index (χ1) is 18.0. The van der Waals surface area contributed by atoms with Crippen molar-refractivity contribution in [2.24, 2.45) is 10.2 Å². The molecule has 4 aromatic rings. The Bertz CT molecular complexity index is 1710. The minimum absolute atomic E-state index is 0. The van der Waals surface area contributed by atoms with Crippen LogP contribution in [0.1, 0.15) is 22.8 Å². The molecule has 4 aromatic carbocycles. The van der Waals surface area contributed by atoms with Gasteiger partial charge in [-0.15, -0.1) is 0 Å². The average molecular weight is 596 g/mol. The SMILES string of the molecule is CCOc1cccc(NC(=O)c2cc3ccccc3c(N=Nc3cc(S(=O)(=O)O)c(Cl)cc3C)c2[O-])c1Cl.[Na+]. The van der Waals surface area contributed by atoms with E-state index in [1.807, 2.05) is 0 Å². The van der Waals surface area contributed by atoms with Crippen LogP contribution in [0.5, 0.6) is 11.5 Å². The Morgan fingerprint density at radius 3 is 2.49 bits per heavy atom. The van der Waals surface area contributed by atoms with E-state index in [2.05, 4.69) is 15.5 Å². The maximum atomic E-state index is 13.4. The van der Waals surface area contributed by atoms with Crippen LogP contribution < -0.4 is 44.7 Å². The maximum absolute atomic E-state index is 13.4. The van der Waals surface area contributed by atoms with Crippen molar-refractivity contribution in [3.8, 4) is 11.5 Å². The average Bonchev–Trinajstić information content (AvgIpc) is 2.86. The fourth-order valence-electron chi connectivity index (χ4n) is 3.69. The van der Waals surface area contributed by atoms with Crippen molar-refractivity contribution in [2.75, 3.05) is 11.9 Å². The number of anilines is 1. The largest absolute Gasteiger partial charge is 1.00 e. The molecular formula is C26H20Cl2N3NaO6S. The monoisotopic (exact) mass is 595 g/mol. The number of hydrogen-bond donors (Lipinski definition) is 2. The van der Waals surface area contributed by atoms with Crippen molar-refractivity contribution < 1.29 is 57.2 Å². The molecule has 13 heteroatoms. The van der Waals surface area contributed by atoms with Crippen LogP contribution in [0.15, 0.2) is 75.8 Å². The zero-order chi connectivity index (χ0) is 27.6. The summed E-state index contributed by atoms with van der Waals surface area (Å²) in [5.74, 6) is -1.04. The quantitative estimate of drug-likeness (QED) is 0.189. The summed E-state index contributed by atoms with van der Waals surface area (Å²) in [4.78, 5) is 12.6. The summed E-state index contributed by atoms with van der Waals surface area (Å²) in [7, 11) is -4.62. The van der Waals surface area contributed by atoms with Gasteiger partial charge in [0.2, 0.25) is 0 Å². The number of amides is 1. The third kappa shape index (κ3) is 6.72. The molecule has 1 amide bonds. The first-order valence-corrected chi connectivity index (χ1v) is 13.4. The van der Waals surface area contributed by atoms with E-state index in [1.54, 1.807) is 56.3 Å². The molecule has 0 fully saturated rings. The molecule has 0 aromatic heterocycles. The third-order valence-electron chi connectivity index (χ3n) is 5.52. The van der Waals surface area contributed by atoms with Gasteiger partial charge in [0.05, 0.1) is 28.7 Å². The molecule has 0 unspecified atom stereocenters. The fourth-order valence-corrected chi connectivity index (χ4v) is 5.00. The van der Waals surface area contributed by atoms with E-state index in [-0.39, 0.29) is 62.2 Å².